The molecule has 1 saturated heterocycles. The number of halogens is 2. The Morgan fingerprint density at radius 1 is 1.22 bits per heavy atom. The number of imidazole rings is 1. The molecule has 0 aliphatic carbocycles. The van der Waals surface area contributed by atoms with Crippen LogP contribution in [0.25, 0.3) is 11.0 Å². The van der Waals surface area contributed by atoms with E-state index < -0.39 is 0 Å². The van der Waals surface area contributed by atoms with Crippen molar-refractivity contribution >= 4 is 44.5 Å². The number of para-hydroxylation sites is 2. The molecule has 0 bridgehead atoms. The van der Waals surface area contributed by atoms with Crippen LogP contribution in [-0.4, -0.2) is 33.4 Å². The molecule has 0 spiro atoms. The molecule has 4 nitrogen and oxygen atoms in total. The number of carbonyl (C=O) groups is 1. The van der Waals surface area contributed by atoms with Crippen molar-refractivity contribution in [3.05, 3.63) is 63.3 Å². The summed E-state index contributed by atoms with van der Waals surface area (Å²) in [5.41, 5.74) is 2.81. The smallest absolute Gasteiger partial charge is 0.255 e. The largest absolute Gasteiger partial charge is 0.339 e. The van der Waals surface area contributed by atoms with Gasteiger partial charge in [-0.05, 0) is 56.0 Å². The van der Waals surface area contributed by atoms with Gasteiger partial charge in [-0.2, -0.15) is 0 Å². The highest BCUT2D eigenvalue weighted by Gasteiger charge is 2.26. The summed E-state index contributed by atoms with van der Waals surface area (Å²) in [5, 5.41) is 0.505. The minimum atomic E-state index is 0.0176. The molecule has 0 atom stereocenters. The topological polar surface area (TPSA) is 38.1 Å². The number of hydrogen-bond acceptors (Lipinski definition) is 2. The van der Waals surface area contributed by atoms with E-state index in [1.165, 1.54) is 5.52 Å². The summed E-state index contributed by atoms with van der Waals surface area (Å²) in [6, 6.07) is 13.7. The number of amides is 1. The van der Waals surface area contributed by atoms with Crippen LogP contribution in [0, 0.1) is 12.8 Å². The molecule has 2 heterocycles. The maximum atomic E-state index is 12.8. The van der Waals surface area contributed by atoms with Gasteiger partial charge in [0.25, 0.3) is 5.91 Å². The average Bonchev–Trinajstić information content (AvgIpc) is 2.99. The molecule has 0 saturated carbocycles. The predicted octanol–water partition coefficient (Wildman–Crippen LogP) is 5.31. The Labute approximate surface area is 172 Å². The van der Waals surface area contributed by atoms with Crippen molar-refractivity contribution in [2.24, 2.45) is 5.92 Å². The standard InChI is InChI=1S/C21H21BrClN3O/c1-14-24-19-4-2-3-5-20(19)26(14)13-15-8-10-25(11-9-15)21(27)17-12-16(22)6-7-18(17)23/h2-7,12,15H,8-11,13H2,1H3. The van der Waals surface area contributed by atoms with Crippen LogP contribution in [0.1, 0.15) is 29.0 Å². The second-order valence-corrected chi connectivity index (χ2v) is 8.44. The molecular weight excluding hydrogens is 426 g/mol. The molecular formula is C21H21BrClN3O. The predicted molar refractivity (Wildman–Crippen MR) is 112 cm³/mol. The molecule has 6 heteroatoms. The van der Waals surface area contributed by atoms with Gasteiger partial charge in [-0.3, -0.25) is 4.79 Å². The third-order valence-electron chi connectivity index (χ3n) is 5.35. The van der Waals surface area contributed by atoms with Crippen molar-refractivity contribution in [3.8, 4) is 0 Å². The van der Waals surface area contributed by atoms with Gasteiger partial charge in [0.15, 0.2) is 0 Å². The van der Waals surface area contributed by atoms with Gasteiger partial charge < -0.3 is 9.47 Å². The van der Waals surface area contributed by atoms with Crippen LogP contribution in [-0.2, 0) is 6.54 Å². The zero-order valence-electron chi connectivity index (χ0n) is 15.2. The molecule has 1 fully saturated rings. The number of aromatic nitrogens is 2. The Kier molecular flexibility index (Phi) is 5.24. The fourth-order valence-electron chi connectivity index (χ4n) is 3.83. The second kappa shape index (κ2) is 7.64. The van der Waals surface area contributed by atoms with Crippen LogP contribution >= 0.6 is 27.5 Å². The van der Waals surface area contributed by atoms with Gasteiger partial charge in [0.2, 0.25) is 0 Å². The molecule has 4 rings (SSSR count). The SMILES string of the molecule is Cc1nc2ccccc2n1CC1CCN(C(=O)c2cc(Br)ccc2Cl)CC1. The molecule has 1 aliphatic rings. The minimum absolute atomic E-state index is 0.0176. The van der Waals surface area contributed by atoms with E-state index in [1.54, 1.807) is 12.1 Å². The highest BCUT2D eigenvalue weighted by Crippen LogP contribution is 2.27. The van der Waals surface area contributed by atoms with Crippen molar-refractivity contribution in [1.29, 1.82) is 0 Å². The van der Waals surface area contributed by atoms with Crippen LogP contribution in [0.15, 0.2) is 46.9 Å². The number of hydrogen-bond donors (Lipinski definition) is 0. The molecule has 1 amide bonds. The Morgan fingerprint density at radius 3 is 2.74 bits per heavy atom. The van der Waals surface area contributed by atoms with Crippen molar-refractivity contribution in [2.75, 3.05) is 13.1 Å². The molecule has 27 heavy (non-hydrogen) atoms. The molecule has 140 valence electrons. The van der Waals surface area contributed by atoms with E-state index in [4.69, 9.17) is 11.6 Å². The first-order valence-electron chi connectivity index (χ1n) is 9.19. The van der Waals surface area contributed by atoms with Gasteiger partial charge >= 0.3 is 0 Å². The highest BCUT2D eigenvalue weighted by atomic mass is 79.9. The Bertz CT molecular complexity index is 992. The van der Waals surface area contributed by atoms with E-state index in [9.17, 15) is 4.79 Å². The third kappa shape index (κ3) is 3.76. The van der Waals surface area contributed by atoms with Crippen molar-refractivity contribution in [1.82, 2.24) is 14.5 Å². The van der Waals surface area contributed by atoms with E-state index in [0.717, 1.165) is 48.3 Å². The van der Waals surface area contributed by atoms with Gasteiger partial charge in [0, 0.05) is 24.1 Å². The summed E-state index contributed by atoms with van der Waals surface area (Å²) in [4.78, 5) is 19.4. The zero-order chi connectivity index (χ0) is 19.0. The van der Waals surface area contributed by atoms with E-state index in [1.807, 2.05) is 17.0 Å². The summed E-state index contributed by atoms with van der Waals surface area (Å²) >= 11 is 9.65. The maximum Gasteiger partial charge on any atom is 0.255 e. The van der Waals surface area contributed by atoms with Gasteiger partial charge in [-0.25, -0.2) is 4.98 Å². The van der Waals surface area contributed by atoms with Crippen molar-refractivity contribution in [3.63, 3.8) is 0 Å². The summed E-state index contributed by atoms with van der Waals surface area (Å²) < 4.78 is 3.18. The molecule has 2 aromatic carbocycles. The lowest BCUT2D eigenvalue weighted by atomic mass is 9.96. The molecule has 0 radical (unpaired) electrons. The lowest BCUT2D eigenvalue weighted by Crippen LogP contribution is -2.39. The van der Waals surface area contributed by atoms with Crippen molar-refractivity contribution in [2.45, 2.75) is 26.3 Å². The number of carbonyl (C=O) groups excluding carboxylic acids is 1. The number of benzene rings is 2. The summed E-state index contributed by atoms with van der Waals surface area (Å²) in [6.07, 6.45) is 1.98. The van der Waals surface area contributed by atoms with Gasteiger partial charge in [0.1, 0.15) is 5.82 Å². The van der Waals surface area contributed by atoms with E-state index in [2.05, 4.69) is 50.6 Å². The quantitative estimate of drug-likeness (QED) is 0.546. The van der Waals surface area contributed by atoms with Crippen LogP contribution in [0.3, 0.4) is 0 Å². The van der Waals surface area contributed by atoms with E-state index in [0.29, 0.717) is 16.5 Å². The first kappa shape index (κ1) is 18.5. The van der Waals surface area contributed by atoms with Crippen LogP contribution in [0.5, 0.6) is 0 Å². The summed E-state index contributed by atoms with van der Waals surface area (Å²) in [5.74, 6) is 1.61. The zero-order valence-corrected chi connectivity index (χ0v) is 17.5. The number of likely N-dealkylation sites (tertiary alicyclic amines) is 1. The number of rotatable bonds is 3. The Morgan fingerprint density at radius 2 is 1.96 bits per heavy atom. The Balaban J connectivity index is 1.44. The third-order valence-corrected chi connectivity index (χ3v) is 6.17. The van der Waals surface area contributed by atoms with Gasteiger partial charge in [0.05, 0.1) is 21.6 Å². The van der Waals surface area contributed by atoms with Gasteiger partial charge in [-0.1, -0.05) is 39.7 Å². The molecule has 0 unspecified atom stereocenters. The Hall–Kier alpha value is -1.85. The fourth-order valence-corrected chi connectivity index (χ4v) is 4.39. The highest BCUT2D eigenvalue weighted by molar-refractivity contribution is 9.10. The van der Waals surface area contributed by atoms with Crippen LogP contribution < -0.4 is 0 Å². The maximum absolute atomic E-state index is 12.8. The molecule has 1 aromatic heterocycles. The van der Waals surface area contributed by atoms with Crippen molar-refractivity contribution < 1.29 is 4.79 Å². The average molecular weight is 447 g/mol. The summed E-state index contributed by atoms with van der Waals surface area (Å²) in [6.45, 7) is 4.54. The van der Waals surface area contributed by atoms with Gasteiger partial charge in [-0.15, -0.1) is 0 Å². The van der Waals surface area contributed by atoms with Crippen LogP contribution in [0.2, 0.25) is 5.02 Å². The molecule has 1 aliphatic heterocycles. The monoisotopic (exact) mass is 445 g/mol. The lowest BCUT2D eigenvalue weighted by molar-refractivity contribution is 0.0683. The first-order chi connectivity index (χ1) is 13.0. The number of nitrogens with zero attached hydrogens (tertiary/aromatic N) is 3. The second-order valence-electron chi connectivity index (χ2n) is 7.12. The fraction of sp³-hybridized carbons (Fsp3) is 0.333. The number of fused-ring (bicyclic) bond motifs is 1. The lowest BCUT2D eigenvalue weighted by Gasteiger charge is -2.32. The molecule has 0 N–H and O–H groups in total. The normalized spacial score (nSPS) is 15.4. The minimum Gasteiger partial charge on any atom is -0.339 e. The number of piperidine rings is 1. The van der Waals surface area contributed by atoms with Crippen LogP contribution in [0.4, 0.5) is 0 Å². The first-order valence-corrected chi connectivity index (χ1v) is 10.4. The van der Waals surface area contributed by atoms with E-state index in [-0.39, 0.29) is 5.91 Å². The molecule has 3 aromatic rings. The number of aryl methyl sites for hydroxylation is 1. The van der Waals surface area contributed by atoms with E-state index >= 15 is 0 Å². The summed E-state index contributed by atoms with van der Waals surface area (Å²) in [7, 11) is 0.